The van der Waals surface area contributed by atoms with Crippen LogP contribution in [0.1, 0.15) is 0 Å². The topological polar surface area (TPSA) is 29.1 Å². The molecule has 0 unspecified atom stereocenters. The van der Waals surface area contributed by atoms with Crippen LogP contribution in [0.4, 0.5) is 65.9 Å². The number of carbonyl (C=O) groups excluding carboxylic acids is 1. The van der Waals surface area contributed by atoms with Crippen LogP contribution in [-0.2, 0) is 4.79 Å². The summed E-state index contributed by atoms with van der Waals surface area (Å²) in [4.78, 5) is 11.3. The van der Waals surface area contributed by atoms with Crippen molar-refractivity contribution in [1.82, 2.24) is 5.32 Å². The Morgan fingerprint density at radius 1 is 0.735 bits per heavy atom. The maximum atomic E-state index is 13.7. The van der Waals surface area contributed by atoms with Crippen LogP contribution >= 0.6 is 0 Å². The number of amides is 1. The normalized spacial score (nSPS) is 15.0. The van der Waals surface area contributed by atoms with Gasteiger partial charge in [-0.3, -0.25) is 4.79 Å². The van der Waals surface area contributed by atoms with E-state index in [1.165, 1.54) is 20.2 Å². The minimum atomic E-state index is -8.42. The number of rotatable bonds is 11. The zero-order chi connectivity index (χ0) is 27.1. The molecule has 0 fully saturated rings. The van der Waals surface area contributed by atoms with E-state index in [1.807, 2.05) is 0 Å². The molecule has 0 heterocycles. The van der Waals surface area contributed by atoms with E-state index in [-0.39, 0.29) is 30.0 Å². The molecule has 0 atom stereocenters. The molecule has 0 radical (unpaired) electrons. The number of halogens is 16. The molecule has 0 aliphatic heterocycles. The van der Waals surface area contributed by atoms with E-state index in [1.54, 1.807) is 0 Å². The minimum Gasteiger partial charge on any atom is -1.00 e. The Labute approximate surface area is 187 Å². The van der Waals surface area contributed by atoms with Gasteiger partial charge in [0.05, 0.1) is 33.7 Å². The monoisotopic (exact) mass is 560 g/mol. The van der Waals surface area contributed by atoms with E-state index in [9.17, 15) is 70.7 Å². The van der Waals surface area contributed by atoms with Crippen molar-refractivity contribution in [3.8, 4) is 0 Å². The lowest BCUT2D eigenvalue weighted by Gasteiger charge is -2.41. The van der Waals surface area contributed by atoms with Gasteiger partial charge in [0.2, 0.25) is 0 Å². The Bertz CT molecular complexity index is 734. The molecule has 0 bridgehead atoms. The van der Waals surface area contributed by atoms with Crippen molar-refractivity contribution in [3.05, 3.63) is 12.7 Å². The molecule has 0 aromatic heterocycles. The first kappa shape index (κ1) is 34.6. The summed E-state index contributed by atoms with van der Waals surface area (Å²) in [6, 6.07) is 0. The molecule has 0 aliphatic rings. The first-order valence-electron chi connectivity index (χ1n) is 8.24. The second kappa shape index (κ2) is 9.81. The number of nitrogens with zero attached hydrogens (tertiary/aromatic N) is 1. The van der Waals surface area contributed by atoms with Crippen LogP contribution in [0.2, 0.25) is 0 Å². The van der Waals surface area contributed by atoms with Gasteiger partial charge in [-0.15, -0.1) is 0 Å². The summed E-state index contributed by atoms with van der Waals surface area (Å²) in [6.07, 6.45) is -6.40. The average Bonchev–Trinajstić information content (AvgIpc) is 2.59. The third-order valence-electron chi connectivity index (χ3n) is 4.24. The molecule has 34 heavy (non-hydrogen) atoms. The highest BCUT2D eigenvalue weighted by molar-refractivity contribution is 5.84. The van der Waals surface area contributed by atoms with Crippen LogP contribution in [0.15, 0.2) is 12.7 Å². The van der Waals surface area contributed by atoms with Gasteiger partial charge < -0.3 is 22.2 Å². The summed E-state index contributed by atoms with van der Waals surface area (Å²) >= 11 is 0. The lowest BCUT2D eigenvalue weighted by atomic mass is 9.91. The summed E-state index contributed by atoms with van der Waals surface area (Å²) in [5.74, 6) is -51.3. The molecule has 204 valence electrons. The molecule has 0 aromatic rings. The predicted molar refractivity (Wildman–Crippen MR) is 80.8 cm³/mol. The summed E-state index contributed by atoms with van der Waals surface area (Å²) in [7, 11) is 2.75. The third-order valence-corrected chi connectivity index (χ3v) is 4.24. The SMILES string of the molecule is C=CC[N+](C)(C)CCNC(=O)C(F)(F)C(F)(F)C(F)(F)C(F)(F)C(F)(F)C(F)(F)C(F)(F)F.[Cl-]. The van der Waals surface area contributed by atoms with Gasteiger partial charge in [-0.25, -0.2) is 0 Å². The standard InChI is InChI=1S/C15H15F15N2O.ClH/c1-4-6-32(2,3)7-5-31-8(33)9(16,17)10(18,19)11(20,21)12(22,23)13(24,25)14(26,27)15(28,29)30;/h4H,1,5-7H2,2-3H3;1H. The van der Waals surface area contributed by atoms with Crippen LogP contribution in [0.25, 0.3) is 0 Å². The van der Waals surface area contributed by atoms with Crippen LogP contribution in [0.5, 0.6) is 0 Å². The number of hydrogen-bond donors (Lipinski definition) is 1. The lowest BCUT2D eigenvalue weighted by molar-refractivity contribution is -0.883. The van der Waals surface area contributed by atoms with E-state index in [0.29, 0.717) is 0 Å². The van der Waals surface area contributed by atoms with E-state index in [0.717, 1.165) is 5.32 Å². The van der Waals surface area contributed by atoms with Gasteiger partial charge in [0, 0.05) is 0 Å². The van der Waals surface area contributed by atoms with Crippen molar-refractivity contribution in [2.45, 2.75) is 41.7 Å². The van der Waals surface area contributed by atoms with Gasteiger partial charge >= 0.3 is 41.7 Å². The molecule has 0 aromatic carbocycles. The summed E-state index contributed by atoms with van der Waals surface area (Å²) in [5, 5.41) is 0.948. The Morgan fingerprint density at radius 3 is 1.44 bits per heavy atom. The van der Waals surface area contributed by atoms with Crippen molar-refractivity contribution in [2.24, 2.45) is 0 Å². The Morgan fingerprint density at radius 2 is 1.09 bits per heavy atom. The fraction of sp³-hybridized carbons (Fsp3) is 0.800. The highest BCUT2D eigenvalue weighted by Gasteiger charge is 2.94. The van der Waals surface area contributed by atoms with Crippen molar-refractivity contribution >= 4 is 5.91 Å². The van der Waals surface area contributed by atoms with Crippen molar-refractivity contribution < 1.29 is 87.5 Å². The molecule has 0 aliphatic carbocycles. The van der Waals surface area contributed by atoms with Gasteiger partial charge in [-0.1, -0.05) is 6.58 Å². The maximum Gasteiger partial charge on any atom is 0.460 e. The first-order valence-corrected chi connectivity index (χ1v) is 8.24. The molecule has 3 nitrogen and oxygen atoms in total. The number of nitrogens with one attached hydrogen (secondary N) is 1. The van der Waals surface area contributed by atoms with E-state index >= 15 is 0 Å². The highest BCUT2D eigenvalue weighted by Crippen LogP contribution is 2.62. The number of quaternary nitrogens is 1. The second-order valence-corrected chi connectivity index (χ2v) is 7.33. The van der Waals surface area contributed by atoms with Crippen molar-refractivity contribution in [1.29, 1.82) is 0 Å². The predicted octanol–water partition coefficient (Wildman–Crippen LogP) is 1.74. The Kier molecular flexibility index (Phi) is 9.98. The smallest absolute Gasteiger partial charge is 0.460 e. The molecule has 0 saturated heterocycles. The number of likely N-dealkylation sites (N-methyl/N-ethyl adjacent to an activating group) is 1. The van der Waals surface area contributed by atoms with Crippen molar-refractivity contribution in [2.75, 3.05) is 33.7 Å². The van der Waals surface area contributed by atoms with Crippen LogP contribution in [-0.4, -0.2) is 85.8 Å². The van der Waals surface area contributed by atoms with Crippen LogP contribution in [0.3, 0.4) is 0 Å². The second-order valence-electron chi connectivity index (χ2n) is 7.33. The molecular weight excluding hydrogens is 545 g/mol. The minimum absolute atomic E-state index is 0. The summed E-state index contributed by atoms with van der Waals surface area (Å²) in [6.45, 7) is 2.03. The largest absolute Gasteiger partial charge is 1.00 e. The lowest BCUT2D eigenvalue weighted by Crippen LogP contribution is -3.00. The quantitative estimate of drug-likeness (QED) is 0.233. The summed E-state index contributed by atoms with van der Waals surface area (Å²) in [5.41, 5.74) is 0. The first-order chi connectivity index (χ1) is 14.2. The summed E-state index contributed by atoms with van der Waals surface area (Å²) < 4.78 is 196. The fourth-order valence-electron chi connectivity index (χ4n) is 2.13. The number of alkyl halides is 15. The van der Waals surface area contributed by atoms with Gasteiger partial charge in [0.25, 0.3) is 5.91 Å². The van der Waals surface area contributed by atoms with Gasteiger partial charge in [0.1, 0.15) is 0 Å². The van der Waals surface area contributed by atoms with E-state index < -0.39 is 54.2 Å². The average molecular weight is 561 g/mol. The zero-order valence-electron chi connectivity index (χ0n) is 16.8. The molecule has 0 saturated carbocycles. The van der Waals surface area contributed by atoms with Crippen molar-refractivity contribution in [3.63, 3.8) is 0 Å². The molecule has 1 amide bonds. The molecule has 19 heteroatoms. The number of hydrogen-bond acceptors (Lipinski definition) is 1. The third kappa shape index (κ3) is 5.46. The van der Waals surface area contributed by atoms with E-state index in [2.05, 4.69) is 6.58 Å². The fourth-order valence-corrected chi connectivity index (χ4v) is 2.13. The van der Waals surface area contributed by atoms with Gasteiger partial charge in [-0.2, -0.15) is 65.9 Å². The number of carbonyl (C=O) groups is 1. The van der Waals surface area contributed by atoms with Gasteiger partial charge in [0.15, 0.2) is 0 Å². The van der Waals surface area contributed by atoms with Crippen LogP contribution < -0.4 is 17.7 Å². The maximum absolute atomic E-state index is 13.7. The highest BCUT2D eigenvalue weighted by atomic mass is 35.5. The molecule has 1 N–H and O–H groups in total. The Balaban J connectivity index is 0. The van der Waals surface area contributed by atoms with Crippen LogP contribution in [0, 0.1) is 0 Å². The molecule has 0 spiro atoms. The molecule has 0 rings (SSSR count). The van der Waals surface area contributed by atoms with E-state index in [4.69, 9.17) is 0 Å². The van der Waals surface area contributed by atoms with Gasteiger partial charge in [-0.05, 0) is 6.08 Å². The Hall–Kier alpha value is -1.59. The zero-order valence-corrected chi connectivity index (χ0v) is 17.6. The molecular formula is C15H16ClF15N2O.